The number of methoxy groups -OCH3 is 1. The van der Waals surface area contributed by atoms with Gasteiger partial charge in [0, 0.05) is 30.6 Å². The Labute approximate surface area is 189 Å². The minimum Gasteiger partial charge on any atom is -0.383 e. The Hall–Kier alpha value is -3.23. The Bertz CT molecular complexity index is 1180. The molecule has 2 N–H and O–H groups in total. The maximum Gasteiger partial charge on any atom is 0.276 e. The van der Waals surface area contributed by atoms with E-state index in [1.54, 1.807) is 37.4 Å². The first kappa shape index (κ1) is 22.0. The van der Waals surface area contributed by atoms with Gasteiger partial charge in [-0.1, -0.05) is 23.7 Å². The third-order valence-corrected chi connectivity index (χ3v) is 5.60. The van der Waals surface area contributed by atoms with Gasteiger partial charge in [0.15, 0.2) is 5.69 Å². The second-order valence-electron chi connectivity index (χ2n) is 7.39. The zero-order valence-corrected chi connectivity index (χ0v) is 18.2. The Balaban J connectivity index is 1.55. The van der Waals surface area contributed by atoms with E-state index in [-0.39, 0.29) is 16.6 Å². The van der Waals surface area contributed by atoms with Gasteiger partial charge in [-0.25, -0.2) is 9.07 Å². The van der Waals surface area contributed by atoms with Gasteiger partial charge in [-0.05, 0) is 49.6 Å². The lowest BCUT2D eigenvalue weighted by atomic mass is 10.1. The Morgan fingerprint density at radius 2 is 2.00 bits per heavy atom. The Morgan fingerprint density at radius 1 is 1.19 bits per heavy atom. The molecule has 3 aromatic rings. The summed E-state index contributed by atoms with van der Waals surface area (Å²) in [4.78, 5) is 25.2. The van der Waals surface area contributed by atoms with Crippen molar-refractivity contribution in [2.45, 2.75) is 19.3 Å². The van der Waals surface area contributed by atoms with Gasteiger partial charge in [0.2, 0.25) is 0 Å². The van der Waals surface area contributed by atoms with Gasteiger partial charge in [0.25, 0.3) is 11.8 Å². The first-order valence-electron chi connectivity index (χ1n) is 10.2. The van der Waals surface area contributed by atoms with Crippen LogP contribution in [0.4, 0.5) is 10.1 Å². The Morgan fingerprint density at radius 3 is 2.75 bits per heavy atom. The summed E-state index contributed by atoms with van der Waals surface area (Å²) in [5.74, 6) is -1.14. The largest absolute Gasteiger partial charge is 0.383 e. The fraction of sp³-hybridized carbons (Fsp3) is 0.261. The normalized spacial score (nSPS) is 12.5. The molecular formula is C23H22ClFN4O3. The number of amides is 2. The summed E-state index contributed by atoms with van der Waals surface area (Å²) in [5, 5.41) is 10.1. The lowest BCUT2D eigenvalue weighted by Gasteiger charge is -2.09. The predicted molar refractivity (Wildman–Crippen MR) is 119 cm³/mol. The Kier molecular flexibility index (Phi) is 6.53. The average Bonchev–Trinajstić information content (AvgIpc) is 3.37. The minimum absolute atomic E-state index is 0.208. The molecule has 0 bridgehead atoms. The van der Waals surface area contributed by atoms with Crippen LogP contribution in [0.15, 0.2) is 42.5 Å². The molecule has 166 valence electrons. The highest BCUT2D eigenvalue weighted by molar-refractivity contribution is 6.34. The van der Waals surface area contributed by atoms with Gasteiger partial charge in [-0.15, -0.1) is 0 Å². The zero-order valence-electron chi connectivity index (χ0n) is 17.5. The summed E-state index contributed by atoms with van der Waals surface area (Å²) in [5.41, 5.74) is 2.98. The molecule has 2 amide bonds. The number of hydrogen-bond acceptors (Lipinski definition) is 4. The van der Waals surface area contributed by atoms with Crippen molar-refractivity contribution in [3.8, 4) is 5.69 Å². The van der Waals surface area contributed by atoms with E-state index in [1.807, 2.05) is 0 Å². The third kappa shape index (κ3) is 4.37. The second-order valence-corrected chi connectivity index (χ2v) is 7.80. The molecule has 1 aromatic heterocycles. The van der Waals surface area contributed by atoms with Gasteiger partial charge in [-0.3, -0.25) is 9.59 Å². The lowest BCUT2D eigenvalue weighted by molar-refractivity contribution is 0.0936. The van der Waals surface area contributed by atoms with E-state index in [0.29, 0.717) is 36.5 Å². The van der Waals surface area contributed by atoms with Crippen molar-refractivity contribution >= 4 is 29.1 Å². The summed E-state index contributed by atoms with van der Waals surface area (Å²) in [6.45, 7) is 0.751. The summed E-state index contributed by atoms with van der Waals surface area (Å²) >= 11 is 6.26. The zero-order chi connectivity index (χ0) is 22.7. The van der Waals surface area contributed by atoms with E-state index in [0.717, 1.165) is 24.1 Å². The monoisotopic (exact) mass is 456 g/mol. The van der Waals surface area contributed by atoms with Crippen LogP contribution in [0.25, 0.3) is 5.69 Å². The molecule has 0 unspecified atom stereocenters. The summed E-state index contributed by atoms with van der Waals surface area (Å²) < 4.78 is 20.8. The summed E-state index contributed by atoms with van der Waals surface area (Å²) in [6.07, 6.45) is 2.30. The lowest BCUT2D eigenvalue weighted by Crippen LogP contribution is -2.27. The summed E-state index contributed by atoms with van der Waals surface area (Å²) in [7, 11) is 1.55. The first-order valence-corrected chi connectivity index (χ1v) is 10.6. The van der Waals surface area contributed by atoms with Gasteiger partial charge in [0.05, 0.1) is 17.2 Å². The topological polar surface area (TPSA) is 85.2 Å². The van der Waals surface area contributed by atoms with E-state index in [1.165, 1.54) is 16.8 Å². The van der Waals surface area contributed by atoms with E-state index < -0.39 is 11.7 Å². The van der Waals surface area contributed by atoms with E-state index >= 15 is 0 Å². The third-order valence-electron chi connectivity index (χ3n) is 5.29. The van der Waals surface area contributed by atoms with Crippen LogP contribution < -0.4 is 10.6 Å². The number of nitrogens with zero attached hydrogens (tertiary/aromatic N) is 2. The highest BCUT2D eigenvalue weighted by Gasteiger charge is 2.28. The summed E-state index contributed by atoms with van der Waals surface area (Å²) in [6, 6.07) is 11.0. The maximum absolute atomic E-state index is 14.3. The van der Waals surface area contributed by atoms with Crippen molar-refractivity contribution in [3.63, 3.8) is 0 Å². The van der Waals surface area contributed by atoms with Crippen LogP contribution in [0.2, 0.25) is 5.02 Å². The number of nitrogens with one attached hydrogen (secondary N) is 2. The van der Waals surface area contributed by atoms with Gasteiger partial charge in [-0.2, -0.15) is 5.10 Å². The number of ether oxygens (including phenoxy) is 1. The van der Waals surface area contributed by atoms with Crippen LogP contribution in [0.3, 0.4) is 0 Å². The number of carbonyl (C=O) groups excluding carboxylic acids is 2. The fourth-order valence-electron chi connectivity index (χ4n) is 3.77. The molecule has 0 fully saturated rings. The number of benzene rings is 2. The molecule has 1 aliphatic rings. The van der Waals surface area contributed by atoms with Crippen molar-refractivity contribution in [1.82, 2.24) is 15.1 Å². The molecule has 0 atom stereocenters. The smallest absolute Gasteiger partial charge is 0.276 e. The highest BCUT2D eigenvalue weighted by atomic mass is 35.5. The number of anilines is 1. The van der Waals surface area contributed by atoms with Crippen molar-refractivity contribution in [2.75, 3.05) is 25.6 Å². The van der Waals surface area contributed by atoms with Crippen LogP contribution in [0.1, 0.15) is 38.5 Å². The SMILES string of the molecule is COCCNC(=O)c1ccc(NC(=O)c2nn(-c3ccccc3F)c3c2CCC3)cc1Cl. The minimum atomic E-state index is -0.411. The van der Waals surface area contributed by atoms with Crippen molar-refractivity contribution < 1.29 is 18.7 Å². The number of para-hydroxylation sites is 1. The number of hydrogen-bond donors (Lipinski definition) is 2. The standard InChI is InChI=1S/C23H22ClFN4O3/c1-32-12-11-26-22(30)15-10-9-14(13-17(15)24)27-23(31)21-16-5-4-8-19(16)29(28-21)20-7-3-2-6-18(20)25/h2-3,6-7,9-10,13H,4-5,8,11-12H2,1H3,(H,26,30)(H,27,31). The molecule has 0 spiro atoms. The molecule has 0 radical (unpaired) electrons. The van der Waals surface area contributed by atoms with Gasteiger partial charge >= 0.3 is 0 Å². The molecule has 0 saturated carbocycles. The molecule has 0 aliphatic heterocycles. The molecule has 4 rings (SSSR count). The van der Waals surface area contributed by atoms with Crippen LogP contribution >= 0.6 is 11.6 Å². The van der Waals surface area contributed by atoms with Crippen molar-refractivity contribution in [3.05, 3.63) is 75.8 Å². The van der Waals surface area contributed by atoms with Gasteiger partial charge in [0.1, 0.15) is 11.5 Å². The molecule has 1 heterocycles. The van der Waals surface area contributed by atoms with E-state index in [2.05, 4.69) is 15.7 Å². The molecule has 32 heavy (non-hydrogen) atoms. The number of fused-ring (bicyclic) bond motifs is 1. The number of rotatable bonds is 7. The fourth-order valence-corrected chi connectivity index (χ4v) is 4.04. The van der Waals surface area contributed by atoms with Crippen LogP contribution in [-0.4, -0.2) is 41.9 Å². The number of carbonyl (C=O) groups is 2. The predicted octanol–water partition coefficient (Wildman–Crippen LogP) is 3.78. The van der Waals surface area contributed by atoms with E-state index in [4.69, 9.17) is 16.3 Å². The number of halogens is 2. The van der Waals surface area contributed by atoms with Crippen molar-refractivity contribution in [1.29, 1.82) is 0 Å². The quantitative estimate of drug-likeness (QED) is 0.530. The van der Waals surface area contributed by atoms with Crippen LogP contribution in [0, 0.1) is 5.82 Å². The highest BCUT2D eigenvalue weighted by Crippen LogP contribution is 2.29. The first-order chi connectivity index (χ1) is 15.5. The van der Waals surface area contributed by atoms with Crippen molar-refractivity contribution in [2.24, 2.45) is 0 Å². The second kappa shape index (κ2) is 9.50. The maximum atomic E-state index is 14.3. The molecule has 7 nitrogen and oxygen atoms in total. The number of aromatic nitrogens is 2. The van der Waals surface area contributed by atoms with Crippen LogP contribution in [0.5, 0.6) is 0 Å². The molecular weight excluding hydrogens is 435 g/mol. The molecule has 9 heteroatoms. The van der Waals surface area contributed by atoms with Gasteiger partial charge < -0.3 is 15.4 Å². The molecule has 1 aliphatic carbocycles. The van der Waals surface area contributed by atoms with E-state index in [9.17, 15) is 14.0 Å². The molecule has 2 aromatic carbocycles. The molecule has 0 saturated heterocycles. The average molecular weight is 457 g/mol. The van der Waals surface area contributed by atoms with Crippen LogP contribution in [-0.2, 0) is 17.6 Å².